The maximum Gasteiger partial charge on any atom is 0.442 e. The Morgan fingerprint density at radius 2 is 1.64 bits per heavy atom. The van der Waals surface area contributed by atoms with Crippen molar-refractivity contribution in [2.24, 2.45) is 0 Å². The summed E-state index contributed by atoms with van der Waals surface area (Å²) in [6.07, 6.45) is -0.0642. The van der Waals surface area contributed by atoms with Crippen LogP contribution >= 0.6 is 46.4 Å². The summed E-state index contributed by atoms with van der Waals surface area (Å²) < 4.78 is 22.0. The highest BCUT2D eigenvalue weighted by molar-refractivity contribution is 6.36. The summed E-state index contributed by atoms with van der Waals surface area (Å²) in [5.41, 5.74) is -0.608. The van der Waals surface area contributed by atoms with Gasteiger partial charge in [-0.1, -0.05) is 67.2 Å². The van der Waals surface area contributed by atoms with Gasteiger partial charge in [-0.05, 0) is 44.2 Å². The summed E-state index contributed by atoms with van der Waals surface area (Å²) in [5, 5.41) is 16.5. The minimum atomic E-state index is -0.834. The lowest BCUT2D eigenvalue weighted by molar-refractivity contribution is -0.385. The van der Waals surface area contributed by atoms with Crippen LogP contribution in [0.2, 0.25) is 20.1 Å². The van der Waals surface area contributed by atoms with Crippen molar-refractivity contribution in [2.75, 3.05) is 7.11 Å². The van der Waals surface area contributed by atoms with Crippen LogP contribution in [0.1, 0.15) is 50.9 Å². The first-order chi connectivity index (χ1) is 20.5. The first-order valence-corrected chi connectivity index (χ1v) is 14.3. The molecule has 0 amide bonds. The van der Waals surface area contributed by atoms with E-state index in [4.69, 9.17) is 60.3 Å². The number of esters is 1. The van der Waals surface area contributed by atoms with E-state index in [0.29, 0.717) is 33.1 Å². The van der Waals surface area contributed by atoms with Crippen molar-refractivity contribution in [3.05, 3.63) is 101 Å². The maximum absolute atomic E-state index is 12.1. The smallest absolute Gasteiger partial charge is 0.442 e. The van der Waals surface area contributed by atoms with Gasteiger partial charge in [-0.15, -0.1) is 5.10 Å². The van der Waals surface area contributed by atoms with E-state index in [1.807, 2.05) is 34.6 Å². The summed E-state index contributed by atoms with van der Waals surface area (Å²) in [4.78, 5) is 33.9. The first kappa shape index (κ1) is 34.7. The summed E-state index contributed by atoms with van der Waals surface area (Å²) >= 11 is 24.1. The quantitative estimate of drug-likeness (QED) is 0.106. The van der Waals surface area contributed by atoms with Gasteiger partial charge >= 0.3 is 11.7 Å². The first-order valence-electron chi connectivity index (χ1n) is 12.8. The second kappa shape index (κ2) is 14.3. The average molecular weight is 687 g/mol. The highest BCUT2D eigenvalue weighted by atomic mass is 35.5. The van der Waals surface area contributed by atoms with E-state index in [-0.39, 0.29) is 38.6 Å². The molecule has 15 heteroatoms. The van der Waals surface area contributed by atoms with Crippen LogP contribution in [0.25, 0.3) is 5.69 Å². The number of nitro benzene ring substituents is 1. The molecular weight excluding hydrogens is 660 g/mol. The monoisotopic (exact) mass is 685 g/mol. The summed E-state index contributed by atoms with van der Waals surface area (Å²) in [7, 11) is 1.13. The number of rotatable bonds is 7. The number of nitro groups is 1. The van der Waals surface area contributed by atoms with Gasteiger partial charge in [0, 0.05) is 28.6 Å². The van der Waals surface area contributed by atoms with Crippen LogP contribution in [0.15, 0.2) is 57.7 Å². The lowest BCUT2D eigenvalue weighted by Crippen LogP contribution is -2.15. The molecule has 0 aliphatic heterocycles. The molecular formula is C29H27Cl4N3O8. The van der Waals surface area contributed by atoms with Crippen molar-refractivity contribution in [3.63, 3.8) is 0 Å². The molecule has 0 fully saturated rings. The van der Waals surface area contributed by atoms with Gasteiger partial charge in [0.1, 0.15) is 22.8 Å². The molecule has 1 aromatic heterocycles. The summed E-state index contributed by atoms with van der Waals surface area (Å²) in [5.74, 6) is -0.173. The number of aromatic nitrogens is 2. The molecule has 0 spiro atoms. The van der Waals surface area contributed by atoms with Gasteiger partial charge in [0.25, 0.3) is 5.69 Å². The zero-order valence-electron chi connectivity index (χ0n) is 24.3. The van der Waals surface area contributed by atoms with E-state index < -0.39 is 16.6 Å². The molecule has 0 aliphatic carbocycles. The van der Waals surface area contributed by atoms with Crippen molar-refractivity contribution in [3.8, 4) is 22.9 Å². The standard InChI is InChI=1S/C15H18Cl2N2O3.C14H9Cl2NO5/c1-8(2)21-12-7-11(9(16)6-10(12)17)19-14(20)22-13(18-19)15(3,4)5;1-21-14(18)10-7-9(3-4-12(10)17(19)20)22-13-5-2-8(15)6-11(13)16/h6-8H,1-5H3;2-7H,1H3. The van der Waals surface area contributed by atoms with Crippen LogP contribution in [-0.2, 0) is 10.2 Å². The summed E-state index contributed by atoms with van der Waals surface area (Å²) in [6.45, 7) is 9.47. The zero-order chi connectivity index (χ0) is 32.9. The normalized spacial score (nSPS) is 11.1. The predicted octanol–water partition coefficient (Wildman–Crippen LogP) is 8.70. The molecule has 234 valence electrons. The Morgan fingerprint density at radius 3 is 2.18 bits per heavy atom. The van der Waals surface area contributed by atoms with Gasteiger partial charge in [0.05, 0.1) is 38.9 Å². The minimum absolute atomic E-state index is 0.0642. The number of carbonyl (C=O) groups excluding carboxylic acids is 1. The van der Waals surface area contributed by atoms with E-state index in [0.717, 1.165) is 17.9 Å². The number of ether oxygens (including phenoxy) is 3. The maximum atomic E-state index is 12.1. The van der Waals surface area contributed by atoms with Gasteiger partial charge in [0.2, 0.25) is 5.89 Å². The fourth-order valence-corrected chi connectivity index (χ4v) is 4.41. The van der Waals surface area contributed by atoms with Crippen molar-refractivity contribution >= 4 is 58.1 Å². The topological polar surface area (TPSA) is 136 Å². The molecule has 0 N–H and O–H groups in total. The van der Waals surface area contributed by atoms with Gasteiger partial charge in [0.15, 0.2) is 0 Å². The molecule has 0 aliphatic rings. The molecule has 0 saturated carbocycles. The molecule has 3 aromatic carbocycles. The Balaban J connectivity index is 0.000000240. The zero-order valence-corrected chi connectivity index (χ0v) is 27.3. The molecule has 0 radical (unpaired) electrons. The number of hydrogen-bond acceptors (Lipinski definition) is 9. The van der Waals surface area contributed by atoms with Gasteiger partial charge < -0.3 is 18.6 Å². The fraction of sp³-hybridized carbons (Fsp3) is 0.276. The van der Waals surface area contributed by atoms with Gasteiger partial charge in [-0.3, -0.25) is 10.1 Å². The van der Waals surface area contributed by atoms with Crippen molar-refractivity contribution in [2.45, 2.75) is 46.1 Å². The van der Waals surface area contributed by atoms with Crippen molar-refractivity contribution in [1.82, 2.24) is 9.78 Å². The SMILES string of the molecule is CC(C)Oc1cc(-n2nc(C(C)(C)C)oc2=O)c(Cl)cc1Cl.COC(=O)c1cc(Oc2ccc(Cl)cc2Cl)ccc1[N+](=O)[O-]. The Labute approximate surface area is 272 Å². The van der Waals surface area contributed by atoms with Crippen LogP contribution in [0, 0.1) is 10.1 Å². The Hall–Kier alpha value is -3.77. The highest BCUT2D eigenvalue weighted by Crippen LogP contribution is 2.35. The third kappa shape index (κ3) is 8.66. The minimum Gasteiger partial charge on any atom is -0.489 e. The lowest BCUT2D eigenvalue weighted by Gasteiger charge is -2.13. The van der Waals surface area contributed by atoms with E-state index in [2.05, 4.69) is 9.84 Å². The number of nitrogens with zero attached hydrogens (tertiary/aromatic N) is 3. The fourth-order valence-electron chi connectivity index (χ4n) is 3.45. The van der Waals surface area contributed by atoms with E-state index in [1.54, 1.807) is 18.2 Å². The largest absolute Gasteiger partial charge is 0.489 e. The third-order valence-electron chi connectivity index (χ3n) is 5.47. The van der Waals surface area contributed by atoms with Crippen LogP contribution in [0.5, 0.6) is 17.2 Å². The van der Waals surface area contributed by atoms with Crippen LogP contribution in [0.4, 0.5) is 5.69 Å². The Kier molecular flexibility index (Phi) is 11.3. The highest BCUT2D eigenvalue weighted by Gasteiger charge is 2.25. The van der Waals surface area contributed by atoms with Crippen LogP contribution in [-0.4, -0.2) is 33.9 Å². The molecule has 0 unspecified atom stereocenters. The van der Waals surface area contributed by atoms with Crippen LogP contribution < -0.4 is 15.2 Å². The number of methoxy groups -OCH3 is 1. The lowest BCUT2D eigenvalue weighted by atomic mass is 9.97. The molecule has 44 heavy (non-hydrogen) atoms. The number of benzene rings is 3. The second-order valence-electron chi connectivity index (χ2n) is 10.3. The predicted molar refractivity (Wildman–Crippen MR) is 168 cm³/mol. The Morgan fingerprint density at radius 1 is 0.977 bits per heavy atom. The van der Waals surface area contributed by atoms with E-state index >= 15 is 0 Å². The summed E-state index contributed by atoms with van der Waals surface area (Å²) in [6, 6.07) is 11.5. The molecule has 4 rings (SSSR count). The van der Waals surface area contributed by atoms with Gasteiger partial charge in [-0.2, -0.15) is 4.68 Å². The van der Waals surface area contributed by atoms with Gasteiger partial charge in [-0.25, -0.2) is 9.59 Å². The van der Waals surface area contributed by atoms with Crippen molar-refractivity contribution in [1.29, 1.82) is 0 Å². The van der Waals surface area contributed by atoms with Crippen LogP contribution in [0.3, 0.4) is 0 Å². The molecule has 0 atom stereocenters. The number of halogens is 4. The van der Waals surface area contributed by atoms with E-state index in [9.17, 15) is 19.7 Å². The third-order valence-corrected chi connectivity index (χ3v) is 6.60. The molecule has 4 aromatic rings. The number of hydrogen-bond donors (Lipinski definition) is 0. The van der Waals surface area contributed by atoms with E-state index in [1.165, 1.54) is 24.3 Å². The molecule has 0 saturated heterocycles. The number of carbonyl (C=O) groups is 1. The molecule has 0 bridgehead atoms. The second-order valence-corrected chi connectivity index (χ2v) is 12.0. The Bertz CT molecular complexity index is 1750. The average Bonchev–Trinajstić information content (AvgIpc) is 3.33. The molecule has 11 nitrogen and oxygen atoms in total. The molecule has 1 heterocycles. The van der Waals surface area contributed by atoms with Crippen molar-refractivity contribution < 1.29 is 28.3 Å².